The van der Waals surface area contributed by atoms with Crippen molar-refractivity contribution in [1.29, 1.82) is 0 Å². The van der Waals surface area contributed by atoms with E-state index in [0.29, 0.717) is 36.5 Å². The zero-order valence-electron chi connectivity index (χ0n) is 20.0. The molecule has 184 valence electrons. The van der Waals surface area contributed by atoms with Crippen LogP contribution in [0, 0.1) is 0 Å². The van der Waals surface area contributed by atoms with Crippen LogP contribution in [-0.4, -0.2) is 39.7 Å². The second kappa shape index (κ2) is 11.7. The number of pyridine rings is 2. The Morgan fingerprint density at radius 1 is 1.14 bits per heavy atom. The predicted molar refractivity (Wildman–Crippen MR) is 130 cm³/mol. The quantitative estimate of drug-likeness (QED) is 0.302. The van der Waals surface area contributed by atoms with Gasteiger partial charge in [-0.3, -0.25) is 9.69 Å². The third-order valence-electron chi connectivity index (χ3n) is 5.91. The molecule has 8 nitrogen and oxygen atoms in total. The lowest BCUT2D eigenvalue weighted by molar-refractivity contribution is -0.118. The number of aromatic nitrogens is 4. The van der Waals surface area contributed by atoms with E-state index in [1.807, 2.05) is 24.3 Å². The van der Waals surface area contributed by atoms with Crippen molar-refractivity contribution in [2.45, 2.75) is 57.3 Å². The molecule has 0 bridgehead atoms. The fourth-order valence-electron chi connectivity index (χ4n) is 3.79. The second-order valence-electron chi connectivity index (χ2n) is 8.68. The van der Waals surface area contributed by atoms with Crippen LogP contribution in [0.15, 0.2) is 53.6 Å². The minimum Gasteiger partial charge on any atom is -0.481 e. The van der Waals surface area contributed by atoms with Gasteiger partial charge in [0.1, 0.15) is 5.82 Å². The smallest absolute Gasteiger partial charge is 0.228 e. The highest BCUT2D eigenvalue weighted by atomic mass is 19.1. The minimum atomic E-state index is -0.506. The van der Waals surface area contributed by atoms with Gasteiger partial charge in [-0.25, -0.2) is 14.4 Å². The number of ether oxygens (including phenoxy) is 1. The molecule has 1 aliphatic carbocycles. The molecule has 0 saturated heterocycles. The van der Waals surface area contributed by atoms with Crippen molar-refractivity contribution in [2.75, 3.05) is 18.6 Å². The fraction of sp³-hybridized carbons (Fsp3) is 0.423. The molecule has 3 aromatic rings. The van der Waals surface area contributed by atoms with E-state index in [2.05, 4.69) is 26.7 Å². The zero-order chi connectivity index (χ0) is 24.6. The Balaban J connectivity index is 1.39. The summed E-state index contributed by atoms with van der Waals surface area (Å²) in [6.45, 7) is 3.75. The lowest BCUT2D eigenvalue weighted by Crippen LogP contribution is -2.32. The van der Waals surface area contributed by atoms with E-state index in [9.17, 15) is 9.18 Å². The van der Waals surface area contributed by atoms with Crippen molar-refractivity contribution in [3.63, 3.8) is 0 Å². The van der Waals surface area contributed by atoms with Gasteiger partial charge in [-0.05, 0) is 55.0 Å². The average molecular weight is 480 g/mol. The summed E-state index contributed by atoms with van der Waals surface area (Å²) in [7, 11) is 1.56. The van der Waals surface area contributed by atoms with Crippen LogP contribution in [0.25, 0.3) is 11.1 Å². The number of unbranched alkanes of at least 4 members (excludes halogenated alkanes) is 2. The molecule has 0 N–H and O–H groups in total. The standard InChI is InChI=1S/C26H30FN5O3/c1-18(27)7-10-25(33)32(15-5-3-4-6-23-30-26(31-35-23)19-8-9-19)22-16-20(11-13-28-22)21-12-14-29-24(17-21)34-2/h11-14,16-17,19H,1,3-10,15H2,2H3. The first-order valence-corrected chi connectivity index (χ1v) is 12.0. The average Bonchev–Trinajstić information content (AvgIpc) is 3.62. The van der Waals surface area contributed by atoms with Crippen LogP contribution in [0.1, 0.15) is 62.6 Å². The molecular formula is C26H30FN5O3. The van der Waals surface area contributed by atoms with E-state index in [1.165, 1.54) is 0 Å². The van der Waals surface area contributed by atoms with Crippen LogP contribution in [0.5, 0.6) is 5.88 Å². The lowest BCUT2D eigenvalue weighted by atomic mass is 10.1. The van der Waals surface area contributed by atoms with E-state index in [-0.39, 0.29) is 18.7 Å². The molecule has 1 amide bonds. The number of rotatable bonds is 13. The first-order chi connectivity index (χ1) is 17.0. The Bertz CT molecular complexity index is 1160. The molecule has 1 fully saturated rings. The normalized spacial score (nSPS) is 13.0. The van der Waals surface area contributed by atoms with E-state index < -0.39 is 5.83 Å². The zero-order valence-corrected chi connectivity index (χ0v) is 20.0. The van der Waals surface area contributed by atoms with Crippen molar-refractivity contribution in [1.82, 2.24) is 20.1 Å². The van der Waals surface area contributed by atoms with Crippen LogP contribution in [0.2, 0.25) is 0 Å². The van der Waals surface area contributed by atoms with Gasteiger partial charge in [0, 0.05) is 50.2 Å². The highest BCUT2D eigenvalue weighted by molar-refractivity contribution is 5.93. The number of hydrogen-bond acceptors (Lipinski definition) is 7. The number of amides is 1. The molecule has 9 heteroatoms. The molecular weight excluding hydrogens is 449 g/mol. The molecule has 3 aromatic heterocycles. The van der Waals surface area contributed by atoms with Crippen molar-refractivity contribution in [3.8, 4) is 17.0 Å². The van der Waals surface area contributed by atoms with Crippen molar-refractivity contribution in [2.24, 2.45) is 0 Å². The molecule has 3 heterocycles. The molecule has 0 atom stereocenters. The van der Waals surface area contributed by atoms with Gasteiger partial charge in [0.05, 0.1) is 12.9 Å². The Morgan fingerprint density at radius 3 is 2.66 bits per heavy atom. The Kier molecular flexibility index (Phi) is 8.18. The van der Waals surface area contributed by atoms with E-state index in [0.717, 1.165) is 49.1 Å². The van der Waals surface area contributed by atoms with Crippen molar-refractivity contribution >= 4 is 11.7 Å². The molecule has 0 unspecified atom stereocenters. The van der Waals surface area contributed by atoms with Crippen LogP contribution < -0.4 is 9.64 Å². The molecule has 0 radical (unpaired) electrons. The topological polar surface area (TPSA) is 94.2 Å². The minimum absolute atomic E-state index is 0.00291. The summed E-state index contributed by atoms with van der Waals surface area (Å²) in [6, 6.07) is 7.41. The van der Waals surface area contributed by atoms with E-state index in [1.54, 1.807) is 24.4 Å². The van der Waals surface area contributed by atoms with Gasteiger partial charge < -0.3 is 9.26 Å². The third kappa shape index (κ3) is 6.94. The van der Waals surface area contributed by atoms with Crippen LogP contribution in [-0.2, 0) is 11.2 Å². The fourth-order valence-corrected chi connectivity index (χ4v) is 3.79. The van der Waals surface area contributed by atoms with Gasteiger partial charge in [0.25, 0.3) is 0 Å². The molecule has 0 spiro atoms. The van der Waals surface area contributed by atoms with Gasteiger partial charge >= 0.3 is 0 Å². The highest BCUT2D eigenvalue weighted by Gasteiger charge is 2.28. The monoisotopic (exact) mass is 479 g/mol. The molecule has 0 aromatic carbocycles. The van der Waals surface area contributed by atoms with Gasteiger partial charge in [-0.2, -0.15) is 4.98 Å². The third-order valence-corrected chi connectivity index (χ3v) is 5.91. The number of methoxy groups -OCH3 is 1. The van der Waals surface area contributed by atoms with Gasteiger partial charge in [-0.15, -0.1) is 0 Å². The first-order valence-electron chi connectivity index (χ1n) is 12.0. The number of carbonyl (C=O) groups is 1. The van der Waals surface area contributed by atoms with Gasteiger partial charge in [0.15, 0.2) is 5.82 Å². The number of anilines is 1. The number of allylic oxidation sites excluding steroid dienone is 1. The molecule has 35 heavy (non-hydrogen) atoms. The molecule has 1 saturated carbocycles. The summed E-state index contributed by atoms with van der Waals surface area (Å²) >= 11 is 0. The SMILES string of the molecule is C=C(F)CCC(=O)N(CCCCCc1nc(C2CC2)no1)c1cc(-c2ccnc(OC)c2)ccn1. The summed E-state index contributed by atoms with van der Waals surface area (Å²) in [6.07, 6.45) is 8.88. The maximum atomic E-state index is 13.2. The van der Waals surface area contributed by atoms with Crippen LogP contribution in [0.3, 0.4) is 0 Å². The molecule has 1 aliphatic rings. The van der Waals surface area contributed by atoms with Gasteiger partial charge in [-0.1, -0.05) is 18.2 Å². The lowest BCUT2D eigenvalue weighted by Gasteiger charge is -2.22. The van der Waals surface area contributed by atoms with E-state index >= 15 is 0 Å². The number of aryl methyl sites for hydroxylation is 1. The number of halogens is 1. The maximum Gasteiger partial charge on any atom is 0.228 e. The number of hydrogen-bond donors (Lipinski definition) is 0. The summed E-state index contributed by atoms with van der Waals surface area (Å²) in [5.41, 5.74) is 1.78. The van der Waals surface area contributed by atoms with Crippen LogP contribution >= 0.6 is 0 Å². The summed E-state index contributed by atoms with van der Waals surface area (Å²) in [5.74, 6) is 2.30. The number of nitrogens with zero attached hydrogens (tertiary/aromatic N) is 5. The molecule has 4 rings (SSSR count). The highest BCUT2D eigenvalue weighted by Crippen LogP contribution is 2.38. The Labute approximate surface area is 204 Å². The molecule has 0 aliphatic heterocycles. The first kappa shape index (κ1) is 24.5. The van der Waals surface area contributed by atoms with Crippen LogP contribution in [0.4, 0.5) is 10.2 Å². The van der Waals surface area contributed by atoms with Crippen molar-refractivity contribution < 1.29 is 18.4 Å². The van der Waals surface area contributed by atoms with E-state index in [4.69, 9.17) is 9.26 Å². The second-order valence-corrected chi connectivity index (χ2v) is 8.68. The summed E-state index contributed by atoms with van der Waals surface area (Å²) in [4.78, 5) is 27.6. The van der Waals surface area contributed by atoms with Gasteiger partial charge in [0.2, 0.25) is 17.7 Å². The maximum absolute atomic E-state index is 13.2. The Hall–Kier alpha value is -3.62. The van der Waals surface area contributed by atoms with Crippen molar-refractivity contribution in [3.05, 3.63) is 60.8 Å². The summed E-state index contributed by atoms with van der Waals surface area (Å²) < 4.78 is 23.8. The predicted octanol–water partition coefficient (Wildman–Crippen LogP) is 5.42. The largest absolute Gasteiger partial charge is 0.481 e. The summed E-state index contributed by atoms with van der Waals surface area (Å²) in [5, 5.41) is 4.05. The number of carbonyl (C=O) groups excluding carboxylic acids is 1. The Morgan fingerprint density at radius 2 is 1.91 bits per heavy atom.